The lowest BCUT2D eigenvalue weighted by molar-refractivity contribution is -0.285. The minimum Gasteiger partial charge on any atom is -0.412 e. The average Bonchev–Trinajstić information content (AvgIpc) is 2.56. The Kier molecular flexibility index (Phi) is 1.87. The van der Waals surface area contributed by atoms with Crippen molar-refractivity contribution in [2.24, 2.45) is 0 Å². The highest BCUT2D eigenvalue weighted by molar-refractivity contribution is 5.12. The Bertz CT molecular complexity index is 486. The standard InChI is InChI=1S/C10H12N2O4/c1-2-7-6(13)5-10(15-7)12-4-3-8(14)11-9(12)16-10/h3-4,6-7,13H,2,5H2,1H3/t6?,7-,10-/m1/s1. The van der Waals surface area contributed by atoms with Crippen molar-refractivity contribution >= 4 is 0 Å². The molecule has 1 aromatic rings. The number of rotatable bonds is 1. The molecule has 1 aromatic heterocycles. The number of hydrogen-bond acceptors (Lipinski definition) is 5. The fourth-order valence-electron chi connectivity index (χ4n) is 2.21. The largest absolute Gasteiger partial charge is 0.412 e. The highest BCUT2D eigenvalue weighted by atomic mass is 16.8. The molecule has 16 heavy (non-hydrogen) atoms. The summed E-state index contributed by atoms with van der Waals surface area (Å²) in [5.41, 5.74) is -0.341. The van der Waals surface area contributed by atoms with E-state index in [9.17, 15) is 9.90 Å². The van der Waals surface area contributed by atoms with Crippen LogP contribution in [0.1, 0.15) is 19.8 Å². The first-order chi connectivity index (χ1) is 7.64. The lowest BCUT2D eigenvalue weighted by atomic mass is 10.1. The SMILES string of the molecule is CC[C@H]1O[C@]2(CC1O)Oc1nc(=O)ccn12. The summed E-state index contributed by atoms with van der Waals surface area (Å²) < 4.78 is 12.7. The number of fused-ring (bicyclic) bond motifs is 2. The van der Waals surface area contributed by atoms with Crippen molar-refractivity contribution in [2.75, 3.05) is 0 Å². The van der Waals surface area contributed by atoms with Crippen molar-refractivity contribution in [1.29, 1.82) is 0 Å². The molecule has 0 amide bonds. The second kappa shape index (κ2) is 3.05. The number of aliphatic hydroxyl groups excluding tert-OH is 1. The Balaban J connectivity index is 1.95. The summed E-state index contributed by atoms with van der Waals surface area (Å²) in [4.78, 5) is 14.6. The monoisotopic (exact) mass is 224 g/mol. The number of ether oxygens (including phenoxy) is 2. The summed E-state index contributed by atoms with van der Waals surface area (Å²) in [6.07, 6.45) is 1.89. The van der Waals surface area contributed by atoms with Crippen LogP contribution in [0.5, 0.6) is 6.01 Å². The van der Waals surface area contributed by atoms with E-state index in [4.69, 9.17) is 9.47 Å². The van der Waals surface area contributed by atoms with Gasteiger partial charge in [0.05, 0.1) is 18.6 Å². The van der Waals surface area contributed by atoms with Crippen LogP contribution in [0.3, 0.4) is 0 Å². The van der Waals surface area contributed by atoms with Gasteiger partial charge in [0.2, 0.25) is 0 Å². The summed E-state index contributed by atoms with van der Waals surface area (Å²) in [5, 5.41) is 9.77. The first kappa shape index (κ1) is 9.80. The Morgan fingerprint density at radius 3 is 3.19 bits per heavy atom. The Morgan fingerprint density at radius 1 is 1.75 bits per heavy atom. The van der Waals surface area contributed by atoms with E-state index in [2.05, 4.69) is 4.98 Å². The van der Waals surface area contributed by atoms with E-state index in [1.165, 1.54) is 6.07 Å². The minimum atomic E-state index is -0.948. The average molecular weight is 224 g/mol. The molecule has 3 atom stereocenters. The smallest absolute Gasteiger partial charge is 0.308 e. The van der Waals surface area contributed by atoms with Crippen molar-refractivity contribution in [1.82, 2.24) is 9.55 Å². The second-order valence-corrected chi connectivity index (χ2v) is 4.07. The first-order valence-corrected chi connectivity index (χ1v) is 5.30. The molecule has 0 aromatic carbocycles. The van der Waals surface area contributed by atoms with E-state index in [-0.39, 0.29) is 17.7 Å². The molecule has 1 unspecified atom stereocenters. The molecule has 6 heteroatoms. The third-order valence-electron chi connectivity index (χ3n) is 3.03. The van der Waals surface area contributed by atoms with E-state index in [1.54, 1.807) is 10.8 Å². The van der Waals surface area contributed by atoms with Gasteiger partial charge in [-0.25, -0.2) is 4.57 Å². The highest BCUT2D eigenvalue weighted by Gasteiger charge is 2.56. The van der Waals surface area contributed by atoms with Gasteiger partial charge in [-0.1, -0.05) is 6.92 Å². The summed E-state index contributed by atoms with van der Waals surface area (Å²) in [5.74, 6) is -0.948. The van der Waals surface area contributed by atoms with Crippen LogP contribution >= 0.6 is 0 Å². The minimum absolute atomic E-state index is 0.229. The molecule has 3 rings (SSSR count). The predicted octanol–water partition coefficient (Wildman–Crippen LogP) is -0.194. The van der Waals surface area contributed by atoms with Crippen molar-refractivity contribution in [3.8, 4) is 6.01 Å². The Hall–Kier alpha value is -1.40. The molecule has 1 fully saturated rings. The lowest BCUT2D eigenvalue weighted by Gasteiger charge is -2.40. The van der Waals surface area contributed by atoms with Crippen LogP contribution in [0.25, 0.3) is 0 Å². The Morgan fingerprint density at radius 2 is 2.56 bits per heavy atom. The number of aliphatic hydroxyl groups is 1. The van der Waals surface area contributed by atoms with Gasteiger partial charge in [-0.15, -0.1) is 0 Å². The summed E-state index contributed by atoms with van der Waals surface area (Å²) >= 11 is 0. The van der Waals surface area contributed by atoms with Crippen molar-refractivity contribution in [3.63, 3.8) is 0 Å². The summed E-state index contributed by atoms with van der Waals surface area (Å²) in [7, 11) is 0. The fraction of sp³-hybridized carbons (Fsp3) is 0.600. The van der Waals surface area contributed by atoms with Gasteiger partial charge in [-0.2, -0.15) is 4.98 Å². The van der Waals surface area contributed by atoms with Crippen LogP contribution in [0.4, 0.5) is 0 Å². The summed E-state index contributed by atoms with van der Waals surface area (Å²) in [6, 6.07) is 1.60. The van der Waals surface area contributed by atoms with E-state index in [1.807, 2.05) is 6.92 Å². The van der Waals surface area contributed by atoms with Gasteiger partial charge in [0.1, 0.15) is 0 Å². The number of aromatic nitrogens is 2. The maximum absolute atomic E-state index is 11.0. The Labute approximate surface area is 91.4 Å². The molecule has 0 radical (unpaired) electrons. The molecule has 0 aliphatic carbocycles. The molecule has 86 valence electrons. The van der Waals surface area contributed by atoms with Crippen molar-refractivity contribution in [3.05, 3.63) is 22.6 Å². The maximum Gasteiger partial charge on any atom is 0.308 e. The summed E-state index contributed by atoms with van der Waals surface area (Å²) in [6.45, 7) is 1.94. The maximum atomic E-state index is 11.0. The lowest BCUT2D eigenvalue weighted by Crippen LogP contribution is -2.50. The van der Waals surface area contributed by atoms with Crippen LogP contribution in [0, 0.1) is 0 Å². The van der Waals surface area contributed by atoms with Crippen LogP contribution in [-0.4, -0.2) is 26.9 Å². The van der Waals surface area contributed by atoms with Gasteiger partial charge in [-0.05, 0) is 6.42 Å². The molecule has 1 N–H and O–H groups in total. The van der Waals surface area contributed by atoms with Gasteiger partial charge < -0.3 is 14.6 Å². The van der Waals surface area contributed by atoms with Gasteiger partial charge >= 0.3 is 11.9 Å². The number of nitrogens with zero attached hydrogens (tertiary/aromatic N) is 2. The topological polar surface area (TPSA) is 73.6 Å². The number of hydrogen-bond donors (Lipinski definition) is 1. The molecule has 0 saturated carbocycles. The third-order valence-corrected chi connectivity index (χ3v) is 3.03. The molecule has 2 aliphatic heterocycles. The van der Waals surface area contributed by atoms with Crippen LogP contribution in [0.2, 0.25) is 0 Å². The zero-order valence-corrected chi connectivity index (χ0v) is 8.79. The van der Waals surface area contributed by atoms with Gasteiger partial charge in [0.25, 0.3) is 5.56 Å². The molecule has 0 bridgehead atoms. The normalized spacial score (nSPS) is 35.6. The molecular formula is C10H12N2O4. The zero-order chi connectivity index (χ0) is 11.3. The van der Waals surface area contributed by atoms with Gasteiger partial charge in [0.15, 0.2) is 0 Å². The van der Waals surface area contributed by atoms with E-state index >= 15 is 0 Å². The van der Waals surface area contributed by atoms with E-state index in [0.717, 1.165) is 6.42 Å². The predicted molar refractivity (Wildman–Crippen MR) is 52.9 cm³/mol. The quantitative estimate of drug-likeness (QED) is 0.715. The fourth-order valence-corrected chi connectivity index (χ4v) is 2.21. The second-order valence-electron chi connectivity index (χ2n) is 4.07. The van der Waals surface area contributed by atoms with Crippen LogP contribution < -0.4 is 10.3 Å². The van der Waals surface area contributed by atoms with Gasteiger partial charge in [0, 0.05) is 12.3 Å². The van der Waals surface area contributed by atoms with Crippen molar-refractivity contribution in [2.45, 2.75) is 37.9 Å². The highest BCUT2D eigenvalue weighted by Crippen LogP contribution is 2.44. The molecule has 3 heterocycles. The molecule has 6 nitrogen and oxygen atoms in total. The molecular weight excluding hydrogens is 212 g/mol. The van der Waals surface area contributed by atoms with Crippen LogP contribution in [-0.2, 0) is 10.6 Å². The zero-order valence-electron chi connectivity index (χ0n) is 8.79. The molecule has 2 aliphatic rings. The third kappa shape index (κ3) is 1.14. The molecule has 1 spiro atoms. The van der Waals surface area contributed by atoms with Crippen LogP contribution in [0.15, 0.2) is 17.1 Å². The van der Waals surface area contributed by atoms with E-state index in [0.29, 0.717) is 6.42 Å². The van der Waals surface area contributed by atoms with E-state index < -0.39 is 12.0 Å². The molecule has 1 saturated heterocycles. The first-order valence-electron chi connectivity index (χ1n) is 5.30. The van der Waals surface area contributed by atoms with Crippen molar-refractivity contribution < 1.29 is 14.6 Å². The van der Waals surface area contributed by atoms with Gasteiger partial charge in [-0.3, -0.25) is 4.79 Å².